The molecule has 0 aliphatic heterocycles. The van der Waals surface area contributed by atoms with Crippen LogP contribution in [0.1, 0.15) is 33.2 Å². The van der Waals surface area contributed by atoms with Gasteiger partial charge in [-0.2, -0.15) is 0 Å². The van der Waals surface area contributed by atoms with Crippen LogP contribution in [0.5, 0.6) is 5.75 Å². The summed E-state index contributed by atoms with van der Waals surface area (Å²) in [6.07, 6.45) is -0.909. The second-order valence-electron chi connectivity index (χ2n) is 5.11. The third-order valence-corrected chi connectivity index (χ3v) is 3.64. The number of aryl methyl sites for hydroxylation is 1. The van der Waals surface area contributed by atoms with Gasteiger partial charge in [0.15, 0.2) is 6.10 Å². The molecule has 4 nitrogen and oxygen atoms in total. The zero-order valence-electron chi connectivity index (χ0n) is 13.1. The highest BCUT2D eigenvalue weighted by atomic mass is 35.5. The average molecular weight is 333 g/mol. The fourth-order valence-electron chi connectivity index (χ4n) is 2.11. The van der Waals surface area contributed by atoms with Gasteiger partial charge in [-0.15, -0.1) is 0 Å². The van der Waals surface area contributed by atoms with Crippen molar-refractivity contribution < 1.29 is 19.1 Å². The van der Waals surface area contributed by atoms with Gasteiger partial charge in [0.1, 0.15) is 5.75 Å². The van der Waals surface area contributed by atoms with Crippen LogP contribution in [0.4, 0.5) is 0 Å². The molecule has 1 unspecified atom stereocenters. The molecule has 0 heterocycles. The monoisotopic (exact) mass is 332 g/mol. The van der Waals surface area contributed by atoms with Crippen LogP contribution < -0.4 is 4.74 Å². The first kappa shape index (κ1) is 17.0. The third-order valence-electron chi connectivity index (χ3n) is 3.41. The molecule has 2 aromatic rings. The summed E-state index contributed by atoms with van der Waals surface area (Å²) < 4.78 is 10.4. The number of benzene rings is 2. The molecule has 1 atom stereocenters. The zero-order valence-corrected chi connectivity index (χ0v) is 13.9. The summed E-state index contributed by atoms with van der Waals surface area (Å²) in [4.78, 5) is 24.5. The molecule has 120 valence electrons. The summed E-state index contributed by atoms with van der Waals surface area (Å²) in [6, 6.07) is 11.5. The zero-order chi connectivity index (χ0) is 17.0. The summed E-state index contributed by atoms with van der Waals surface area (Å²) >= 11 is 5.87. The lowest BCUT2D eigenvalue weighted by Gasteiger charge is -2.13. The van der Waals surface area contributed by atoms with Crippen molar-refractivity contribution in [3.8, 4) is 5.75 Å². The molecular formula is C18H17ClO4. The van der Waals surface area contributed by atoms with Crippen molar-refractivity contribution in [3.63, 3.8) is 0 Å². The lowest BCUT2D eigenvalue weighted by atomic mass is 10.1. The summed E-state index contributed by atoms with van der Waals surface area (Å²) in [6.45, 7) is 3.41. The molecule has 0 aliphatic rings. The van der Waals surface area contributed by atoms with Gasteiger partial charge in [-0.3, -0.25) is 4.79 Å². The molecule has 0 aromatic heterocycles. The smallest absolute Gasteiger partial charge is 0.338 e. The number of hydrogen-bond donors (Lipinski definition) is 0. The maximum absolute atomic E-state index is 12.3. The molecule has 0 saturated carbocycles. The number of carbonyl (C=O) groups excluding carboxylic acids is 2. The Balaban J connectivity index is 2.12. The molecule has 2 aromatic carbocycles. The van der Waals surface area contributed by atoms with Gasteiger partial charge >= 0.3 is 5.97 Å². The summed E-state index contributed by atoms with van der Waals surface area (Å²) in [7, 11) is 1.53. The van der Waals surface area contributed by atoms with E-state index in [4.69, 9.17) is 21.1 Å². The van der Waals surface area contributed by atoms with Gasteiger partial charge in [0.25, 0.3) is 0 Å². The van der Waals surface area contributed by atoms with E-state index in [9.17, 15) is 9.59 Å². The predicted octanol–water partition coefficient (Wildman–Crippen LogP) is 4.09. The normalized spacial score (nSPS) is 11.7. The first-order valence-electron chi connectivity index (χ1n) is 7.07. The molecule has 0 spiro atoms. The van der Waals surface area contributed by atoms with Crippen molar-refractivity contribution in [2.75, 3.05) is 7.11 Å². The Morgan fingerprint density at radius 3 is 2.48 bits per heavy atom. The Morgan fingerprint density at radius 2 is 1.83 bits per heavy atom. The number of ketones is 1. The van der Waals surface area contributed by atoms with E-state index in [-0.39, 0.29) is 5.78 Å². The minimum atomic E-state index is -0.909. The van der Waals surface area contributed by atoms with Crippen LogP contribution in [-0.4, -0.2) is 25.0 Å². The third kappa shape index (κ3) is 4.11. The highest BCUT2D eigenvalue weighted by molar-refractivity contribution is 6.31. The summed E-state index contributed by atoms with van der Waals surface area (Å²) in [5.41, 5.74) is 1.64. The maximum atomic E-state index is 12.3. The molecule has 23 heavy (non-hydrogen) atoms. The highest BCUT2D eigenvalue weighted by Gasteiger charge is 2.21. The van der Waals surface area contributed by atoms with E-state index in [0.29, 0.717) is 21.9 Å². The van der Waals surface area contributed by atoms with E-state index in [0.717, 1.165) is 5.56 Å². The molecule has 0 fully saturated rings. The van der Waals surface area contributed by atoms with Crippen LogP contribution in [0.15, 0.2) is 42.5 Å². The van der Waals surface area contributed by atoms with Gasteiger partial charge in [0, 0.05) is 10.6 Å². The van der Waals surface area contributed by atoms with Crippen molar-refractivity contribution in [2.45, 2.75) is 20.0 Å². The van der Waals surface area contributed by atoms with E-state index < -0.39 is 12.1 Å². The Morgan fingerprint density at radius 1 is 1.09 bits per heavy atom. The topological polar surface area (TPSA) is 52.6 Å². The number of methoxy groups -OCH3 is 1. The Labute approximate surface area is 140 Å². The molecule has 0 amide bonds. The Kier molecular flexibility index (Phi) is 5.40. The van der Waals surface area contributed by atoms with Gasteiger partial charge in [-0.25, -0.2) is 4.79 Å². The van der Waals surface area contributed by atoms with Crippen molar-refractivity contribution >= 4 is 23.4 Å². The lowest BCUT2D eigenvalue weighted by Crippen LogP contribution is -2.24. The number of rotatable bonds is 5. The van der Waals surface area contributed by atoms with Gasteiger partial charge in [0.2, 0.25) is 5.78 Å². The number of ether oxygens (including phenoxy) is 2. The molecule has 0 bridgehead atoms. The first-order valence-corrected chi connectivity index (χ1v) is 7.45. The first-order chi connectivity index (χ1) is 10.9. The molecule has 0 saturated heterocycles. The SMILES string of the molecule is COc1cc(C(=O)OC(C)C(=O)c2cccc(Cl)c2)ccc1C. The van der Waals surface area contributed by atoms with Gasteiger partial charge in [-0.05, 0) is 43.7 Å². The Hall–Kier alpha value is -2.33. The molecule has 0 N–H and O–H groups in total. The number of halogens is 1. The van der Waals surface area contributed by atoms with Gasteiger partial charge < -0.3 is 9.47 Å². The number of Topliss-reactive ketones (excluding diaryl/α,β-unsaturated/α-hetero) is 1. The van der Waals surface area contributed by atoms with Gasteiger partial charge in [-0.1, -0.05) is 29.8 Å². The number of hydrogen-bond acceptors (Lipinski definition) is 4. The fraction of sp³-hybridized carbons (Fsp3) is 0.222. The minimum absolute atomic E-state index is 0.306. The van der Waals surface area contributed by atoms with E-state index in [1.807, 2.05) is 6.92 Å². The van der Waals surface area contributed by atoms with E-state index in [1.54, 1.807) is 42.5 Å². The lowest BCUT2D eigenvalue weighted by molar-refractivity contribution is 0.0318. The number of carbonyl (C=O) groups is 2. The van der Waals surface area contributed by atoms with Crippen molar-refractivity contribution in [3.05, 3.63) is 64.2 Å². The highest BCUT2D eigenvalue weighted by Crippen LogP contribution is 2.20. The van der Waals surface area contributed by atoms with Gasteiger partial charge in [0.05, 0.1) is 12.7 Å². The predicted molar refractivity (Wildman–Crippen MR) is 88.4 cm³/mol. The van der Waals surface area contributed by atoms with Crippen LogP contribution in [0.3, 0.4) is 0 Å². The van der Waals surface area contributed by atoms with Crippen molar-refractivity contribution in [1.29, 1.82) is 0 Å². The second kappa shape index (κ2) is 7.29. The maximum Gasteiger partial charge on any atom is 0.338 e. The van der Waals surface area contributed by atoms with Crippen LogP contribution >= 0.6 is 11.6 Å². The van der Waals surface area contributed by atoms with Crippen molar-refractivity contribution in [1.82, 2.24) is 0 Å². The standard InChI is InChI=1S/C18H17ClO4/c1-11-7-8-14(10-16(11)22-3)18(21)23-12(2)17(20)13-5-4-6-15(19)9-13/h4-10,12H,1-3H3. The van der Waals surface area contributed by atoms with Crippen LogP contribution in [0, 0.1) is 6.92 Å². The molecule has 5 heteroatoms. The summed E-state index contributed by atoms with van der Waals surface area (Å²) in [5, 5.41) is 0.456. The second-order valence-corrected chi connectivity index (χ2v) is 5.54. The van der Waals surface area contributed by atoms with Crippen LogP contribution in [-0.2, 0) is 4.74 Å². The largest absolute Gasteiger partial charge is 0.496 e. The number of esters is 1. The van der Waals surface area contributed by atoms with E-state index >= 15 is 0 Å². The van der Waals surface area contributed by atoms with Crippen LogP contribution in [0.2, 0.25) is 5.02 Å². The molecule has 0 radical (unpaired) electrons. The van der Waals surface area contributed by atoms with Crippen LogP contribution in [0.25, 0.3) is 0 Å². The quantitative estimate of drug-likeness (QED) is 0.611. The average Bonchev–Trinajstić information content (AvgIpc) is 2.54. The molecule has 0 aliphatic carbocycles. The van der Waals surface area contributed by atoms with E-state index in [2.05, 4.69) is 0 Å². The molecule has 2 rings (SSSR count). The van der Waals surface area contributed by atoms with E-state index in [1.165, 1.54) is 14.0 Å². The molecular weight excluding hydrogens is 316 g/mol. The summed E-state index contributed by atoms with van der Waals surface area (Å²) in [5.74, 6) is -0.292. The Bertz CT molecular complexity index is 740. The minimum Gasteiger partial charge on any atom is -0.496 e. The van der Waals surface area contributed by atoms with Crippen molar-refractivity contribution in [2.24, 2.45) is 0 Å². The fourth-order valence-corrected chi connectivity index (χ4v) is 2.30.